The van der Waals surface area contributed by atoms with Gasteiger partial charge in [-0.1, -0.05) is 133 Å². The second-order valence-corrected chi connectivity index (χ2v) is 17.2. The van der Waals surface area contributed by atoms with Crippen molar-refractivity contribution in [3.63, 3.8) is 0 Å². The summed E-state index contributed by atoms with van der Waals surface area (Å²) in [5.41, 5.74) is 10.6. The van der Waals surface area contributed by atoms with Crippen LogP contribution in [0.5, 0.6) is 0 Å². The van der Waals surface area contributed by atoms with Gasteiger partial charge < -0.3 is 0 Å². The number of thiophene rings is 2. The first-order valence-corrected chi connectivity index (χ1v) is 20.9. The van der Waals surface area contributed by atoms with Crippen LogP contribution in [0.3, 0.4) is 0 Å². The van der Waals surface area contributed by atoms with Gasteiger partial charge in [-0.25, -0.2) is 0 Å². The number of rotatable bonds is 6. The van der Waals surface area contributed by atoms with E-state index in [9.17, 15) is 19.2 Å². The summed E-state index contributed by atoms with van der Waals surface area (Å²) < 4.78 is 0. The molecule has 3 aliphatic carbocycles. The molecule has 3 aliphatic rings. The normalized spacial score (nSPS) is 14.6. The molecule has 0 bridgehead atoms. The third-order valence-electron chi connectivity index (χ3n) is 11.8. The Morgan fingerprint density at radius 1 is 0.356 bits per heavy atom. The van der Waals surface area contributed by atoms with Crippen LogP contribution >= 0.6 is 22.7 Å². The molecule has 278 valence electrons. The quantitative estimate of drug-likeness (QED) is 0.124. The second kappa shape index (κ2) is 13.5. The number of hydrogen-bond acceptors (Lipinski definition) is 6. The van der Waals surface area contributed by atoms with Crippen molar-refractivity contribution in [2.75, 3.05) is 0 Å². The van der Waals surface area contributed by atoms with Crippen LogP contribution in [0.15, 0.2) is 181 Å². The Labute approximate surface area is 348 Å². The zero-order valence-corrected chi connectivity index (χ0v) is 32.9. The van der Waals surface area contributed by atoms with Gasteiger partial charge in [0.1, 0.15) is 0 Å². The Bertz CT molecular complexity index is 2890. The molecule has 0 N–H and O–H groups in total. The van der Waals surface area contributed by atoms with Crippen molar-refractivity contribution in [3.8, 4) is 32.0 Å². The summed E-state index contributed by atoms with van der Waals surface area (Å²) in [7, 11) is 0. The number of hydrogen-bond donors (Lipinski definition) is 0. The van der Waals surface area contributed by atoms with Crippen molar-refractivity contribution in [2.24, 2.45) is 0 Å². The molecule has 6 heteroatoms. The van der Waals surface area contributed by atoms with E-state index in [1.807, 2.05) is 24.3 Å². The highest BCUT2D eigenvalue weighted by molar-refractivity contribution is 7.16. The number of carbonyl (C=O) groups excluding carboxylic acids is 4. The zero-order chi connectivity index (χ0) is 39.8. The fourth-order valence-corrected chi connectivity index (χ4v) is 11.0. The van der Waals surface area contributed by atoms with Gasteiger partial charge in [-0.3, -0.25) is 19.2 Å². The van der Waals surface area contributed by atoms with Crippen molar-refractivity contribution in [1.82, 2.24) is 0 Å². The van der Waals surface area contributed by atoms with Gasteiger partial charge >= 0.3 is 0 Å². The SMILES string of the molecule is O=C1C(=Cc2ccc(-c3ccc4c(c3)C(c3ccccc3)(c3ccccc3)c3cc(-c5ccc(C=C6C(=O)c7ccccc7C6=O)s5)ccc3-4)s2)C(=O)c2ccccc21. The highest BCUT2D eigenvalue weighted by atomic mass is 32.1. The van der Waals surface area contributed by atoms with Gasteiger partial charge in [-0.2, -0.15) is 0 Å². The fraction of sp³-hybridized carbons (Fsp3) is 0.0189. The van der Waals surface area contributed by atoms with Crippen LogP contribution in [0.4, 0.5) is 0 Å². The number of allylic oxidation sites excluding steroid dienone is 2. The number of ketones is 4. The first-order chi connectivity index (χ1) is 28.9. The Balaban J connectivity index is 1.02. The molecule has 0 amide bonds. The molecule has 0 spiro atoms. The molecule has 2 aromatic heterocycles. The smallest absolute Gasteiger partial charge is 0.197 e. The van der Waals surface area contributed by atoms with E-state index in [0.29, 0.717) is 22.3 Å². The first-order valence-electron chi connectivity index (χ1n) is 19.3. The molecule has 6 aromatic carbocycles. The lowest BCUT2D eigenvalue weighted by Crippen LogP contribution is -2.28. The molecule has 8 aromatic rings. The van der Waals surface area contributed by atoms with E-state index in [-0.39, 0.29) is 34.3 Å². The van der Waals surface area contributed by atoms with Gasteiger partial charge in [0.15, 0.2) is 23.1 Å². The number of benzene rings is 6. The van der Waals surface area contributed by atoms with E-state index in [0.717, 1.165) is 52.9 Å². The summed E-state index contributed by atoms with van der Waals surface area (Å²) in [5, 5.41) is 0. The first kappa shape index (κ1) is 35.1. The van der Waals surface area contributed by atoms with E-state index in [4.69, 9.17) is 0 Å². The molecule has 59 heavy (non-hydrogen) atoms. The van der Waals surface area contributed by atoms with Gasteiger partial charge in [0.05, 0.1) is 16.6 Å². The molecular formula is C53H30O4S2. The zero-order valence-electron chi connectivity index (χ0n) is 31.3. The minimum atomic E-state index is -0.660. The van der Waals surface area contributed by atoms with Crippen LogP contribution in [-0.4, -0.2) is 23.1 Å². The summed E-state index contributed by atoms with van der Waals surface area (Å²) in [6.45, 7) is 0. The summed E-state index contributed by atoms with van der Waals surface area (Å²) in [6, 6.07) is 56.8. The minimum absolute atomic E-state index is 0.201. The highest BCUT2D eigenvalue weighted by Gasteiger charge is 2.46. The lowest BCUT2D eigenvalue weighted by atomic mass is 9.67. The summed E-state index contributed by atoms with van der Waals surface area (Å²) in [6.07, 6.45) is 3.47. The van der Waals surface area contributed by atoms with E-state index in [1.54, 1.807) is 83.4 Å². The average molecular weight is 795 g/mol. The number of Topliss-reactive ketones (excluding diaryl/α,β-unsaturated/α-hetero) is 4. The third-order valence-corrected chi connectivity index (χ3v) is 13.9. The molecule has 0 atom stereocenters. The summed E-state index contributed by atoms with van der Waals surface area (Å²) >= 11 is 3.12. The number of carbonyl (C=O) groups is 4. The van der Waals surface area contributed by atoms with E-state index >= 15 is 0 Å². The largest absolute Gasteiger partial charge is 0.288 e. The van der Waals surface area contributed by atoms with Crippen LogP contribution in [0.1, 0.15) is 73.4 Å². The molecule has 4 nitrogen and oxygen atoms in total. The van der Waals surface area contributed by atoms with Crippen molar-refractivity contribution >= 4 is 58.0 Å². The van der Waals surface area contributed by atoms with Gasteiger partial charge in [0.25, 0.3) is 0 Å². The van der Waals surface area contributed by atoms with Crippen LogP contribution in [0.2, 0.25) is 0 Å². The third kappa shape index (κ3) is 5.34. The average Bonchev–Trinajstić information content (AvgIpc) is 4.11. The monoisotopic (exact) mass is 794 g/mol. The lowest BCUT2D eigenvalue weighted by Gasteiger charge is -2.34. The maximum atomic E-state index is 13.2. The van der Waals surface area contributed by atoms with Crippen molar-refractivity contribution in [2.45, 2.75) is 5.41 Å². The molecule has 0 aliphatic heterocycles. The second-order valence-electron chi connectivity index (χ2n) is 14.9. The minimum Gasteiger partial charge on any atom is -0.288 e. The predicted molar refractivity (Wildman–Crippen MR) is 237 cm³/mol. The molecule has 2 heterocycles. The number of fused-ring (bicyclic) bond motifs is 5. The summed E-state index contributed by atoms with van der Waals surface area (Å²) in [4.78, 5) is 56.6. The molecule has 0 saturated carbocycles. The van der Waals surface area contributed by atoms with Crippen molar-refractivity contribution in [1.29, 1.82) is 0 Å². The topological polar surface area (TPSA) is 68.3 Å². The fourth-order valence-electron chi connectivity index (χ4n) is 9.06. The highest BCUT2D eigenvalue weighted by Crippen LogP contribution is 2.57. The van der Waals surface area contributed by atoms with Gasteiger partial charge in [-0.05, 0) is 93.1 Å². The Morgan fingerprint density at radius 2 is 0.712 bits per heavy atom. The maximum Gasteiger partial charge on any atom is 0.197 e. The molecule has 0 radical (unpaired) electrons. The molecule has 11 rings (SSSR count). The van der Waals surface area contributed by atoms with Crippen molar-refractivity contribution in [3.05, 3.63) is 235 Å². The van der Waals surface area contributed by atoms with Gasteiger partial charge in [0.2, 0.25) is 0 Å². The predicted octanol–water partition coefficient (Wildman–Crippen LogP) is 12.4. The van der Waals surface area contributed by atoms with E-state index in [2.05, 4.69) is 97.1 Å². The van der Waals surface area contributed by atoms with Crippen LogP contribution in [0, 0.1) is 0 Å². The molecule has 0 saturated heterocycles. The van der Waals surface area contributed by atoms with Crippen LogP contribution in [0.25, 0.3) is 44.2 Å². The van der Waals surface area contributed by atoms with Gasteiger partial charge in [-0.15, -0.1) is 22.7 Å². The Hall–Kier alpha value is -7.12. The van der Waals surface area contributed by atoms with E-state index in [1.165, 1.54) is 11.1 Å². The lowest BCUT2D eigenvalue weighted by molar-refractivity contribution is 0.0975. The summed E-state index contributed by atoms with van der Waals surface area (Å²) in [5.74, 6) is -0.920. The Morgan fingerprint density at radius 3 is 1.08 bits per heavy atom. The van der Waals surface area contributed by atoms with E-state index < -0.39 is 5.41 Å². The molecule has 0 unspecified atom stereocenters. The molecular weight excluding hydrogens is 765 g/mol. The van der Waals surface area contributed by atoms with Crippen molar-refractivity contribution < 1.29 is 19.2 Å². The maximum absolute atomic E-state index is 13.2. The van der Waals surface area contributed by atoms with Crippen LogP contribution in [-0.2, 0) is 5.41 Å². The van der Waals surface area contributed by atoms with Crippen LogP contribution < -0.4 is 0 Å². The standard InChI is InChI=1S/C53H30O4S2/c54-49-39-15-7-8-16-40(39)50(55)43(49)29-35-21-25-47(58-35)31-19-23-37-38-24-20-32(48-26-22-36(59-48)30-44-51(56)41-17-9-10-18-42(41)52(44)57)28-46(38)53(45(37)27-31,33-11-3-1-4-12-33)34-13-5-2-6-14-34/h1-30H. The Kier molecular flexibility index (Phi) is 8.02. The van der Waals surface area contributed by atoms with Gasteiger partial charge in [0, 0.05) is 41.8 Å². The molecule has 0 fully saturated rings.